The minimum atomic E-state index is -3.30. The van der Waals surface area contributed by atoms with Crippen molar-refractivity contribution in [3.05, 3.63) is 59.7 Å². The number of aliphatic carboxylic acids is 1. The van der Waals surface area contributed by atoms with E-state index in [1.165, 1.54) is 11.8 Å². The number of nitrogens with zero attached hydrogens (tertiary/aromatic N) is 1. The third-order valence-electron chi connectivity index (χ3n) is 6.38. The zero-order valence-corrected chi connectivity index (χ0v) is 19.9. The van der Waals surface area contributed by atoms with E-state index in [1.54, 1.807) is 6.26 Å². The lowest BCUT2D eigenvalue weighted by atomic mass is 9.98. The molecule has 0 saturated carbocycles. The smallest absolute Gasteiger partial charge is 0.407 e. The molecule has 0 spiro atoms. The van der Waals surface area contributed by atoms with Gasteiger partial charge in [-0.2, -0.15) is 11.8 Å². The fraction of sp³-hybridized carbons (Fsp3) is 0.400. The van der Waals surface area contributed by atoms with Gasteiger partial charge in [0, 0.05) is 12.3 Å². The quantitative estimate of drug-likeness (QED) is 0.565. The van der Waals surface area contributed by atoms with Gasteiger partial charge in [0.1, 0.15) is 18.7 Å². The molecule has 1 heterocycles. The van der Waals surface area contributed by atoms with Crippen molar-refractivity contribution < 1.29 is 33.0 Å². The molecule has 1 fully saturated rings. The number of ether oxygens (including phenoxy) is 1. The van der Waals surface area contributed by atoms with Crippen molar-refractivity contribution in [3.8, 4) is 11.1 Å². The van der Waals surface area contributed by atoms with E-state index < -0.39 is 48.9 Å². The van der Waals surface area contributed by atoms with E-state index >= 15 is 0 Å². The molecule has 1 saturated heterocycles. The van der Waals surface area contributed by atoms with Crippen molar-refractivity contribution in [1.82, 2.24) is 10.2 Å². The number of benzene rings is 2. The molecule has 2 N–H and O–H groups in total. The highest BCUT2D eigenvalue weighted by Gasteiger charge is 2.51. The molecule has 2 amide bonds. The standard InChI is InChI=1S/C25H26F2N2O5S/c1-35-11-10-20(22(30)29-14-25(26,27)12-21(29)23(31)32)28-24(33)34-13-19-17-8-4-2-6-15(17)16-7-3-5-9-18(16)19/h2-9,19-21H,10-14H2,1H3,(H,28,33)(H,31,32). The van der Waals surface area contributed by atoms with Crippen molar-refractivity contribution in [2.75, 3.05) is 25.2 Å². The number of carbonyl (C=O) groups is 3. The number of rotatable bonds is 8. The van der Waals surface area contributed by atoms with E-state index in [9.17, 15) is 28.3 Å². The van der Waals surface area contributed by atoms with Crippen LogP contribution >= 0.6 is 11.8 Å². The van der Waals surface area contributed by atoms with Crippen LogP contribution in [-0.2, 0) is 14.3 Å². The van der Waals surface area contributed by atoms with Gasteiger partial charge >= 0.3 is 12.1 Å². The zero-order chi connectivity index (χ0) is 25.2. The second-order valence-corrected chi connectivity index (χ2v) is 9.67. The van der Waals surface area contributed by atoms with Crippen LogP contribution in [0.2, 0.25) is 0 Å². The SMILES string of the molecule is CSCCC(NC(=O)OCC1c2ccccc2-c2ccccc21)C(=O)N1CC(F)(F)CC1C(=O)O. The summed E-state index contributed by atoms with van der Waals surface area (Å²) < 4.78 is 33.3. The number of fused-ring (bicyclic) bond motifs is 3. The van der Waals surface area contributed by atoms with Gasteiger partial charge < -0.3 is 20.1 Å². The lowest BCUT2D eigenvalue weighted by Crippen LogP contribution is -2.52. The predicted octanol–water partition coefficient (Wildman–Crippen LogP) is 3.97. The van der Waals surface area contributed by atoms with E-state index in [1.807, 2.05) is 48.5 Å². The third kappa shape index (κ3) is 5.27. The molecule has 2 unspecified atom stereocenters. The Kier molecular flexibility index (Phi) is 7.30. The molecular formula is C25H26F2N2O5S. The lowest BCUT2D eigenvalue weighted by molar-refractivity contribution is -0.149. The maximum absolute atomic E-state index is 13.9. The van der Waals surface area contributed by atoms with Gasteiger partial charge in [-0.15, -0.1) is 0 Å². The zero-order valence-electron chi connectivity index (χ0n) is 19.1. The molecule has 2 aromatic rings. The molecule has 7 nitrogen and oxygen atoms in total. The Labute approximate surface area is 205 Å². The van der Waals surface area contributed by atoms with Crippen LogP contribution < -0.4 is 5.32 Å². The first-order valence-electron chi connectivity index (χ1n) is 11.2. The number of hydrogen-bond donors (Lipinski definition) is 2. The summed E-state index contributed by atoms with van der Waals surface area (Å²) in [6.07, 6.45) is 0.148. The van der Waals surface area contributed by atoms with Gasteiger partial charge in [-0.1, -0.05) is 48.5 Å². The van der Waals surface area contributed by atoms with Gasteiger partial charge in [-0.25, -0.2) is 18.4 Å². The minimum Gasteiger partial charge on any atom is -0.480 e. The van der Waals surface area contributed by atoms with E-state index in [-0.39, 0.29) is 18.9 Å². The van der Waals surface area contributed by atoms with Gasteiger partial charge in [0.25, 0.3) is 5.92 Å². The molecule has 2 aliphatic rings. The number of thioether (sulfide) groups is 1. The topological polar surface area (TPSA) is 95.9 Å². The largest absolute Gasteiger partial charge is 0.480 e. The molecular weight excluding hydrogens is 478 g/mol. The molecule has 0 bridgehead atoms. The molecule has 1 aliphatic carbocycles. The second kappa shape index (κ2) is 10.2. The van der Waals surface area contributed by atoms with Crippen LogP contribution in [0.3, 0.4) is 0 Å². The highest BCUT2D eigenvalue weighted by molar-refractivity contribution is 7.98. The minimum absolute atomic E-state index is 0.0306. The molecule has 2 atom stereocenters. The molecule has 35 heavy (non-hydrogen) atoms. The van der Waals surface area contributed by atoms with Crippen LogP contribution in [0, 0.1) is 0 Å². The van der Waals surface area contributed by atoms with Gasteiger partial charge in [-0.05, 0) is 40.7 Å². The summed E-state index contributed by atoms with van der Waals surface area (Å²) in [5, 5.41) is 11.8. The van der Waals surface area contributed by atoms with E-state index in [4.69, 9.17) is 4.74 Å². The summed E-state index contributed by atoms with van der Waals surface area (Å²) in [4.78, 5) is 37.8. The highest BCUT2D eigenvalue weighted by atomic mass is 32.2. The van der Waals surface area contributed by atoms with Crippen molar-refractivity contribution in [2.24, 2.45) is 0 Å². The fourth-order valence-corrected chi connectivity index (χ4v) is 5.22. The molecule has 1 aliphatic heterocycles. The number of carboxylic acid groups (broad SMARTS) is 1. The summed E-state index contributed by atoms with van der Waals surface area (Å²) in [6, 6.07) is 12.9. The lowest BCUT2D eigenvalue weighted by Gasteiger charge is -2.27. The molecule has 186 valence electrons. The maximum atomic E-state index is 13.9. The van der Waals surface area contributed by atoms with Crippen LogP contribution in [0.5, 0.6) is 0 Å². The summed E-state index contributed by atoms with van der Waals surface area (Å²) in [7, 11) is 0. The first kappa shape index (κ1) is 25.0. The Balaban J connectivity index is 1.45. The van der Waals surface area contributed by atoms with E-state index in [0.717, 1.165) is 22.3 Å². The number of likely N-dealkylation sites (tertiary alicyclic amines) is 1. The average Bonchev–Trinajstić information content (AvgIpc) is 3.34. The number of alkyl carbamates (subject to hydrolysis) is 1. The van der Waals surface area contributed by atoms with Gasteiger partial charge in [0.15, 0.2) is 0 Å². The third-order valence-corrected chi connectivity index (χ3v) is 7.03. The summed E-state index contributed by atoms with van der Waals surface area (Å²) in [5.41, 5.74) is 4.19. The molecule has 4 rings (SSSR count). The number of alkyl halides is 2. The van der Waals surface area contributed by atoms with Crippen molar-refractivity contribution in [3.63, 3.8) is 0 Å². The predicted molar refractivity (Wildman–Crippen MR) is 128 cm³/mol. The van der Waals surface area contributed by atoms with Crippen LogP contribution in [0.4, 0.5) is 13.6 Å². The van der Waals surface area contributed by atoms with E-state index in [2.05, 4.69) is 5.32 Å². The average molecular weight is 505 g/mol. The molecule has 2 aromatic carbocycles. The normalized spacial score (nSPS) is 19.1. The maximum Gasteiger partial charge on any atom is 0.407 e. The Bertz CT molecular complexity index is 1080. The van der Waals surface area contributed by atoms with Crippen molar-refractivity contribution in [2.45, 2.75) is 36.8 Å². The second-order valence-electron chi connectivity index (χ2n) is 8.68. The number of carboxylic acids is 1. The Morgan fingerprint density at radius 2 is 1.74 bits per heavy atom. The highest BCUT2D eigenvalue weighted by Crippen LogP contribution is 2.44. The Morgan fingerprint density at radius 1 is 1.14 bits per heavy atom. The van der Waals surface area contributed by atoms with Gasteiger partial charge in [0.2, 0.25) is 5.91 Å². The fourth-order valence-electron chi connectivity index (χ4n) is 4.74. The Morgan fingerprint density at radius 3 is 2.31 bits per heavy atom. The van der Waals surface area contributed by atoms with Crippen LogP contribution in [0.25, 0.3) is 11.1 Å². The van der Waals surface area contributed by atoms with Crippen LogP contribution in [0.1, 0.15) is 29.9 Å². The van der Waals surface area contributed by atoms with Gasteiger partial charge in [-0.3, -0.25) is 4.79 Å². The monoisotopic (exact) mass is 504 g/mol. The summed E-state index contributed by atoms with van der Waals surface area (Å²) in [5.74, 6) is -5.37. The van der Waals surface area contributed by atoms with Crippen LogP contribution in [0.15, 0.2) is 48.5 Å². The molecule has 0 aromatic heterocycles. The number of carbonyl (C=O) groups excluding carboxylic acids is 2. The first-order valence-corrected chi connectivity index (χ1v) is 12.6. The molecule has 10 heteroatoms. The van der Waals surface area contributed by atoms with Crippen molar-refractivity contribution >= 4 is 29.7 Å². The number of nitrogens with one attached hydrogen (secondary N) is 1. The Hall–Kier alpha value is -3.14. The summed E-state index contributed by atoms with van der Waals surface area (Å²) in [6.45, 7) is -0.965. The molecule has 0 radical (unpaired) electrons. The number of halogens is 2. The summed E-state index contributed by atoms with van der Waals surface area (Å²) >= 11 is 1.41. The number of hydrogen-bond acceptors (Lipinski definition) is 5. The van der Waals surface area contributed by atoms with Crippen LogP contribution in [-0.4, -0.2) is 71.1 Å². The van der Waals surface area contributed by atoms with E-state index in [0.29, 0.717) is 10.7 Å². The van der Waals surface area contributed by atoms with Gasteiger partial charge in [0.05, 0.1) is 6.54 Å². The van der Waals surface area contributed by atoms with Crippen molar-refractivity contribution in [1.29, 1.82) is 0 Å². The number of amides is 2. The first-order chi connectivity index (χ1) is 16.7.